The summed E-state index contributed by atoms with van der Waals surface area (Å²) in [6, 6.07) is 2.01. The Hall–Kier alpha value is -1.21. The molecule has 1 N–H and O–H groups in total. The van der Waals surface area contributed by atoms with E-state index in [4.69, 9.17) is 4.98 Å². The molecule has 0 atom stereocenters. The smallest absolute Gasteiger partial charge is 0.213 e. The van der Waals surface area contributed by atoms with Gasteiger partial charge >= 0.3 is 0 Å². The van der Waals surface area contributed by atoms with Crippen molar-refractivity contribution in [2.24, 2.45) is 5.92 Å². The maximum absolute atomic E-state index is 11.8. The third-order valence-corrected chi connectivity index (χ3v) is 6.23. The lowest BCUT2D eigenvalue weighted by Gasteiger charge is -2.38. The maximum atomic E-state index is 11.8. The summed E-state index contributed by atoms with van der Waals surface area (Å²) in [5.41, 5.74) is 0.834. The second-order valence-electron chi connectivity index (χ2n) is 8.93. The van der Waals surface area contributed by atoms with E-state index in [0.29, 0.717) is 19.0 Å². The number of aromatic nitrogens is 2. The van der Waals surface area contributed by atoms with Crippen molar-refractivity contribution in [2.45, 2.75) is 59.3 Å². The molecule has 25 heavy (non-hydrogen) atoms. The summed E-state index contributed by atoms with van der Waals surface area (Å²) in [5.74, 6) is 2.14. The average Bonchev–Trinajstić information content (AvgIpc) is 2.43. The second-order valence-corrected chi connectivity index (χ2v) is 11.2. The number of nitrogens with one attached hydrogen (secondary N) is 1. The Morgan fingerprint density at radius 2 is 1.72 bits per heavy atom. The van der Waals surface area contributed by atoms with E-state index < -0.39 is 10.0 Å². The quantitative estimate of drug-likeness (QED) is 0.865. The van der Waals surface area contributed by atoms with Crippen LogP contribution in [0.15, 0.2) is 6.07 Å². The molecule has 2 rings (SSSR count). The van der Waals surface area contributed by atoms with Crippen LogP contribution in [0.1, 0.15) is 60.0 Å². The molecular weight excluding hydrogens is 336 g/mol. The normalized spacial score (nSPS) is 17.4. The van der Waals surface area contributed by atoms with Gasteiger partial charge < -0.3 is 5.32 Å². The van der Waals surface area contributed by atoms with Gasteiger partial charge in [0.1, 0.15) is 11.6 Å². The number of hydrogen-bond acceptors (Lipinski definition) is 5. The van der Waals surface area contributed by atoms with Crippen molar-refractivity contribution >= 4 is 15.8 Å². The molecule has 1 saturated heterocycles. The zero-order chi connectivity index (χ0) is 19.0. The summed E-state index contributed by atoms with van der Waals surface area (Å²) in [4.78, 5) is 9.43. The fraction of sp³-hybridized carbons (Fsp3) is 0.778. The fourth-order valence-corrected chi connectivity index (χ4v) is 3.81. The highest BCUT2D eigenvalue weighted by Crippen LogP contribution is 2.27. The van der Waals surface area contributed by atoms with Crippen molar-refractivity contribution in [1.82, 2.24) is 14.3 Å². The van der Waals surface area contributed by atoms with Gasteiger partial charge in [-0.25, -0.2) is 22.7 Å². The van der Waals surface area contributed by atoms with Gasteiger partial charge in [-0.1, -0.05) is 41.5 Å². The van der Waals surface area contributed by atoms with Crippen LogP contribution in [0.4, 0.5) is 5.82 Å². The van der Waals surface area contributed by atoms with Crippen LogP contribution >= 0.6 is 0 Å². The van der Waals surface area contributed by atoms with E-state index in [-0.39, 0.29) is 16.6 Å². The van der Waals surface area contributed by atoms with Gasteiger partial charge in [-0.05, 0) is 6.92 Å². The topological polar surface area (TPSA) is 75.2 Å². The second kappa shape index (κ2) is 6.83. The first-order valence-electron chi connectivity index (χ1n) is 8.94. The fourth-order valence-electron chi connectivity index (χ4n) is 2.57. The monoisotopic (exact) mass is 368 g/mol. The largest absolute Gasteiger partial charge is 0.370 e. The van der Waals surface area contributed by atoms with Gasteiger partial charge in [0, 0.05) is 42.4 Å². The van der Waals surface area contributed by atoms with Crippen LogP contribution < -0.4 is 5.32 Å². The van der Waals surface area contributed by atoms with Gasteiger partial charge in [0.25, 0.3) is 0 Å². The predicted molar refractivity (Wildman–Crippen MR) is 102 cm³/mol. The average molecular weight is 369 g/mol. The molecule has 0 radical (unpaired) electrons. The van der Waals surface area contributed by atoms with Crippen LogP contribution in [0.2, 0.25) is 0 Å². The highest BCUT2D eigenvalue weighted by atomic mass is 32.2. The van der Waals surface area contributed by atoms with E-state index in [1.54, 1.807) is 11.2 Å². The van der Waals surface area contributed by atoms with Crippen LogP contribution in [-0.4, -0.2) is 48.1 Å². The van der Waals surface area contributed by atoms with Crippen LogP contribution in [0, 0.1) is 5.92 Å². The third kappa shape index (κ3) is 4.91. The van der Waals surface area contributed by atoms with Gasteiger partial charge in [0.05, 0.1) is 11.4 Å². The van der Waals surface area contributed by atoms with Crippen molar-refractivity contribution in [1.29, 1.82) is 0 Å². The number of sulfonamides is 1. The number of nitrogens with zero attached hydrogens (tertiary/aromatic N) is 3. The first kappa shape index (κ1) is 20.1. The zero-order valence-electron chi connectivity index (χ0n) is 16.5. The minimum atomic E-state index is -3.05. The number of rotatable bonds is 5. The maximum Gasteiger partial charge on any atom is 0.213 e. The molecule has 6 nitrogen and oxygen atoms in total. The van der Waals surface area contributed by atoms with Crippen LogP contribution in [0.3, 0.4) is 0 Å². The SMILES string of the molecule is CCS(=O)(=O)N1CC(CNc2cc(C(C)(C)C)nc(C(C)(C)C)n2)C1. The van der Waals surface area contributed by atoms with Gasteiger partial charge in [-0.15, -0.1) is 0 Å². The van der Waals surface area contributed by atoms with Crippen molar-refractivity contribution < 1.29 is 8.42 Å². The first-order valence-corrected chi connectivity index (χ1v) is 10.6. The molecule has 2 heterocycles. The van der Waals surface area contributed by atoms with E-state index in [1.807, 2.05) is 6.07 Å². The summed E-state index contributed by atoms with van der Waals surface area (Å²) in [5, 5.41) is 3.39. The Morgan fingerprint density at radius 1 is 1.12 bits per heavy atom. The predicted octanol–water partition coefficient (Wildman–Crippen LogP) is 2.77. The molecule has 0 amide bonds. The van der Waals surface area contributed by atoms with E-state index in [2.05, 4.69) is 51.8 Å². The molecule has 1 aliphatic heterocycles. The molecule has 1 fully saturated rings. The highest BCUT2D eigenvalue weighted by molar-refractivity contribution is 7.89. The van der Waals surface area contributed by atoms with Gasteiger partial charge in [0.2, 0.25) is 10.0 Å². The lowest BCUT2D eigenvalue weighted by atomic mass is 9.90. The summed E-state index contributed by atoms with van der Waals surface area (Å²) in [7, 11) is -3.05. The number of hydrogen-bond donors (Lipinski definition) is 1. The van der Waals surface area contributed by atoms with Crippen LogP contribution in [0.5, 0.6) is 0 Å². The molecular formula is C18H32N4O2S. The minimum absolute atomic E-state index is 0.0537. The lowest BCUT2D eigenvalue weighted by Crippen LogP contribution is -2.52. The van der Waals surface area contributed by atoms with E-state index in [1.165, 1.54) is 0 Å². The van der Waals surface area contributed by atoms with Crippen LogP contribution in [0.25, 0.3) is 0 Å². The summed E-state index contributed by atoms with van der Waals surface area (Å²) < 4.78 is 25.1. The van der Waals surface area contributed by atoms with Crippen molar-refractivity contribution in [3.8, 4) is 0 Å². The Balaban J connectivity index is 2.08. The van der Waals surface area contributed by atoms with Gasteiger partial charge in [0.15, 0.2) is 0 Å². The summed E-state index contributed by atoms with van der Waals surface area (Å²) in [6.07, 6.45) is 0. The molecule has 0 spiro atoms. The van der Waals surface area contributed by atoms with E-state index in [9.17, 15) is 8.42 Å². The van der Waals surface area contributed by atoms with Gasteiger partial charge in [-0.3, -0.25) is 0 Å². The molecule has 0 aromatic carbocycles. The van der Waals surface area contributed by atoms with Crippen molar-refractivity contribution in [3.05, 3.63) is 17.6 Å². The molecule has 1 aromatic heterocycles. The Labute approximate surface area is 152 Å². The Kier molecular flexibility index (Phi) is 5.50. The van der Waals surface area contributed by atoms with Gasteiger partial charge in [-0.2, -0.15) is 0 Å². The standard InChI is InChI=1S/C18H32N4O2S/c1-8-25(23,24)22-11-13(12-22)10-19-15-9-14(17(2,3)4)20-16(21-15)18(5,6)7/h9,13H,8,10-12H2,1-7H3,(H,19,20,21). The molecule has 142 valence electrons. The summed E-state index contributed by atoms with van der Waals surface area (Å²) in [6.45, 7) is 16.3. The van der Waals surface area contributed by atoms with Crippen molar-refractivity contribution in [2.75, 3.05) is 30.7 Å². The number of anilines is 1. The molecule has 1 aromatic rings. The van der Waals surface area contributed by atoms with E-state index >= 15 is 0 Å². The Bertz CT molecular complexity index is 679. The molecule has 0 unspecified atom stereocenters. The molecule has 1 aliphatic rings. The molecule has 7 heteroatoms. The first-order chi connectivity index (χ1) is 11.3. The molecule has 0 bridgehead atoms. The Morgan fingerprint density at radius 3 is 2.20 bits per heavy atom. The highest BCUT2D eigenvalue weighted by Gasteiger charge is 2.34. The minimum Gasteiger partial charge on any atom is -0.370 e. The van der Waals surface area contributed by atoms with Crippen molar-refractivity contribution in [3.63, 3.8) is 0 Å². The molecule has 0 saturated carbocycles. The molecule has 0 aliphatic carbocycles. The zero-order valence-corrected chi connectivity index (χ0v) is 17.4. The van der Waals surface area contributed by atoms with Crippen LogP contribution in [-0.2, 0) is 20.9 Å². The lowest BCUT2D eigenvalue weighted by molar-refractivity contribution is 0.212. The third-order valence-electron chi connectivity index (χ3n) is 4.42. The summed E-state index contributed by atoms with van der Waals surface area (Å²) >= 11 is 0. The van der Waals surface area contributed by atoms with E-state index in [0.717, 1.165) is 23.9 Å².